The van der Waals surface area contributed by atoms with Crippen LogP contribution in [0.3, 0.4) is 0 Å². The van der Waals surface area contributed by atoms with Gasteiger partial charge in [0, 0.05) is 6.54 Å². The predicted molar refractivity (Wildman–Crippen MR) is 93.8 cm³/mol. The van der Waals surface area contributed by atoms with Crippen LogP contribution >= 0.6 is 0 Å². The quantitative estimate of drug-likeness (QED) is 0.652. The molecule has 0 saturated carbocycles. The Hall–Kier alpha value is -2.22. The zero-order chi connectivity index (χ0) is 18.3. The van der Waals surface area contributed by atoms with E-state index in [9.17, 15) is 18.3 Å². The fourth-order valence-corrected chi connectivity index (χ4v) is 3.90. The second-order valence-corrected chi connectivity index (χ2v) is 7.58. The van der Waals surface area contributed by atoms with E-state index in [1.807, 2.05) is 0 Å². The van der Waals surface area contributed by atoms with Crippen molar-refractivity contribution in [1.82, 2.24) is 5.32 Å². The standard InChI is InChI=1S/C18H21NO5S/c20-12-15(21)10-11-19-18(22)16-8-4-5-9-17(16)25(23,24)13-14-6-2-1-3-7-14/h1-9,15,20-21H,10-13H2,(H,19,22)/t15-/m1/s1. The highest BCUT2D eigenvalue weighted by molar-refractivity contribution is 7.90. The van der Waals surface area contributed by atoms with Gasteiger partial charge in [-0.2, -0.15) is 0 Å². The first-order valence-electron chi connectivity index (χ1n) is 7.87. The summed E-state index contributed by atoms with van der Waals surface area (Å²) in [6.45, 7) is -0.258. The summed E-state index contributed by atoms with van der Waals surface area (Å²) in [5.41, 5.74) is 0.709. The van der Waals surface area contributed by atoms with Crippen LogP contribution in [0.1, 0.15) is 22.3 Å². The van der Waals surface area contributed by atoms with Crippen molar-refractivity contribution < 1.29 is 23.4 Å². The van der Waals surface area contributed by atoms with Crippen molar-refractivity contribution in [1.29, 1.82) is 0 Å². The summed E-state index contributed by atoms with van der Waals surface area (Å²) in [5.74, 6) is -0.723. The first-order chi connectivity index (χ1) is 11.9. The lowest BCUT2D eigenvalue weighted by atomic mass is 10.2. The van der Waals surface area contributed by atoms with Crippen molar-refractivity contribution in [3.8, 4) is 0 Å². The summed E-state index contributed by atoms with van der Waals surface area (Å²) < 4.78 is 25.4. The minimum Gasteiger partial charge on any atom is -0.394 e. The number of sulfone groups is 1. The Bertz CT molecular complexity index is 805. The highest BCUT2D eigenvalue weighted by Gasteiger charge is 2.22. The van der Waals surface area contributed by atoms with Gasteiger partial charge in [-0.25, -0.2) is 8.42 Å². The molecule has 3 N–H and O–H groups in total. The molecule has 0 saturated heterocycles. The number of benzene rings is 2. The lowest BCUT2D eigenvalue weighted by Gasteiger charge is -2.12. The Morgan fingerprint density at radius 2 is 1.68 bits per heavy atom. The topological polar surface area (TPSA) is 104 Å². The number of amides is 1. The van der Waals surface area contributed by atoms with E-state index in [0.29, 0.717) is 5.56 Å². The van der Waals surface area contributed by atoms with Crippen LogP contribution in [0.2, 0.25) is 0 Å². The molecule has 0 aliphatic carbocycles. The molecule has 2 rings (SSSR count). The summed E-state index contributed by atoms with van der Waals surface area (Å²) in [6.07, 6.45) is -0.737. The van der Waals surface area contributed by atoms with Gasteiger partial charge in [-0.15, -0.1) is 0 Å². The van der Waals surface area contributed by atoms with Crippen LogP contribution in [-0.4, -0.2) is 43.8 Å². The molecule has 0 spiro atoms. The Kier molecular flexibility index (Phi) is 6.69. The van der Waals surface area contributed by atoms with Gasteiger partial charge in [-0.1, -0.05) is 42.5 Å². The number of aliphatic hydroxyl groups excluding tert-OH is 2. The third kappa shape index (κ3) is 5.38. The molecule has 2 aromatic carbocycles. The SMILES string of the molecule is O=C(NCC[C@@H](O)CO)c1ccccc1S(=O)(=O)Cc1ccccc1. The molecule has 1 atom stereocenters. The summed E-state index contributed by atoms with van der Waals surface area (Å²) in [6, 6.07) is 14.8. The highest BCUT2D eigenvalue weighted by Crippen LogP contribution is 2.20. The zero-order valence-corrected chi connectivity index (χ0v) is 14.4. The van der Waals surface area contributed by atoms with Gasteiger partial charge in [-0.05, 0) is 24.1 Å². The Morgan fingerprint density at radius 1 is 1.04 bits per heavy atom. The molecule has 1 amide bonds. The molecule has 0 heterocycles. The van der Waals surface area contributed by atoms with E-state index >= 15 is 0 Å². The van der Waals surface area contributed by atoms with E-state index in [2.05, 4.69) is 5.32 Å². The van der Waals surface area contributed by atoms with Crippen molar-refractivity contribution in [3.05, 3.63) is 65.7 Å². The van der Waals surface area contributed by atoms with E-state index in [1.165, 1.54) is 12.1 Å². The number of carbonyl (C=O) groups excluding carboxylic acids is 1. The van der Waals surface area contributed by atoms with E-state index in [-0.39, 0.29) is 29.2 Å². The average molecular weight is 363 g/mol. The first kappa shape index (κ1) is 19.1. The van der Waals surface area contributed by atoms with E-state index in [1.54, 1.807) is 42.5 Å². The van der Waals surface area contributed by atoms with Crippen molar-refractivity contribution in [2.45, 2.75) is 23.2 Å². The lowest BCUT2D eigenvalue weighted by molar-refractivity contribution is 0.0833. The number of rotatable bonds is 8. The maximum absolute atomic E-state index is 12.7. The zero-order valence-electron chi connectivity index (χ0n) is 13.6. The van der Waals surface area contributed by atoms with Crippen molar-refractivity contribution in [3.63, 3.8) is 0 Å². The van der Waals surface area contributed by atoms with Gasteiger partial charge in [0.1, 0.15) is 0 Å². The van der Waals surface area contributed by atoms with Gasteiger partial charge in [-0.3, -0.25) is 4.79 Å². The molecule has 134 valence electrons. The Balaban J connectivity index is 2.18. The molecule has 0 radical (unpaired) electrons. The molecule has 0 bridgehead atoms. The van der Waals surface area contributed by atoms with Crippen LogP contribution in [0.25, 0.3) is 0 Å². The molecule has 0 fully saturated rings. The van der Waals surface area contributed by atoms with Crippen molar-refractivity contribution >= 4 is 15.7 Å². The maximum atomic E-state index is 12.7. The normalized spacial score (nSPS) is 12.6. The first-order valence-corrected chi connectivity index (χ1v) is 9.52. The molecule has 7 heteroatoms. The minimum absolute atomic E-state index is 0.0286. The largest absolute Gasteiger partial charge is 0.394 e. The third-order valence-corrected chi connectivity index (χ3v) is 5.38. The third-order valence-electron chi connectivity index (χ3n) is 3.64. The predicted octanol–water partition coefficient (Wildman–Crippen LogP) is 1.13. The Morgan fingerprint density at radius 3 is 2.36 bits per heavy atom. The van der Waals surface area contributed by atoms with E-state index < -0.39 is 28.5 Å². The molecule has 0 unspecified atom stereocenters. The number of hydrogen-bond acceptors (Lipinski definition) is 5. The smallest absolute Gasteiger partial charge is 0.252 e. The van der Waals surface area contributed by atoms with Crippen LogP contribution in [0.15, 0.2) is 59.5 Å². The van der Waals surface area contributed by atoms with Crippen LogP contribution < -0.4 is 5.32 Å². The summed E-state index contributed by atoms with van der Waals surface area (Å²) in [7, 11) is -3.69. The molecular formula is C18H21NO5S. The summed E-state index contributed by atoms with van der Waals surface area (Å²) in [4.78, 5) is 12.3. The fraction of sp³-hybridized carbons (Fsp3) is 0.278. The van der Waals surface area contributed by atoms with Gasteiger partial charge < -0.3 is 15.5 Å². The number of aliphatic hydroxyl groups is 2. The number of hydrogen-bond donors (Lipinski definition) is 3. The fourth-order valence-electron chi connectivity index (χ4n) is 2.34. The summed E-state index contributed by atoms with van der Waals surface area (Å²) in [5, 5.41) is 20.6. The Labute approximate surface area is 147 Å². The van der Waals surface area contributed by atoms with Crippen LogP contribution in [0.5, 0.6) is 0 Å². The van der Waals surface area contributed by atoms with Gasteiger partial charge in [0.15, 0.2) is 9.84 Å². The van der Waals surface area contributed by atoms with Crippen LogP contribution in [-0.2, 0) is 15.6 Å². The van der Waals surface area contributed by atoms with Gasteiger partial charge in [0.2, 0.25) is 0 Å². The number of nitrogens with one attached hydrogen (secondary N) is 1. The van der Waals surface area contributed by atoms with E-state index in [4.69, 9.17) is 5.11 Å². The maximum Gasteiger partial charge on any atom is 0.252 e. The molecule has 0 aliphatic rings. The molecular weight excluding hydrogens is 342 g/mol. The highest BCUT2D eigenvalue weighted by atomic mass is 32.2. The van der Waals surface area contributed by atoms with Crippen molar-refractivity contribution in [2.75, 3.05) is 13.2 Å². The van der Waals surface area contributed by atoms with E-state index in [0.717, 1.165) is 0 Å². The number of carbonyl (C=O) groups is 1. The summed E-state index contributed by atoms with van der Waals surface area (Å²) >= 11 is 0. The molecule has 0 aromatic heterocycles. The van der Waals surface area contributed by atoms with Crippen LogP contribution in [0, 0.1) is 0 Å². The second-order valence-electron chi connectivity index (χ2n) is 5.62. The molecule has 0 aliphatic heterocycles. The molecule has 6 nitrogen and oxygen atoms in total. The van der Waals surface area contributed by atoms with Crippen LogP contribution in [0.4, 0.5) is 0 Å². The van der Waals surface area contributed by atoms with Gasteiger partial charge in [0.25, 0.3) is 5.91 Å². The average Bonchev–Trinajstić information content (AvgIpc) is 2.62. The second kappa shape index (κ2) is 8.75. The van der Waals surface area contributed by atoms with Gasteiger partial charge >= 0.3 is 0 Å². The van der Waals surface area contributed by atoms with Gasteiger partial charge in [0.05, 0.1) is 28.9 Å². The van der Waals surface area contributed by atoms with Crippen molar-refractivity contribution in [2.24, 2.45) is 0 Å². The minimum atomic E-state index is -3.69. The molecule has 25 heavy (non-hydrogen) atoms. The molecule has 2 aromatic rings. The monoisotopic (exact) mass is 363 g/mol. The lowest BCUT2D eigenvalue weighted by Crippen LogP contribution is -2.29.